The molecule has 1 amide bonds. The summed E-state index contributed by atoms with van der Waals surface area (Å²) in [5.41, 5.74) is 6.85. The summed E-state index contributed by atoms with van der Waals surface area (Å²) in [6.07, 6.45) is 2.90. The van der Waals surface area contributed by atoms with Crippen LogP contribution in [0.2, 0.25) is 0 Å². The number of ether oxygens (including phenoxy) is 4. The number of nitrogens with two attached hydrogens (primary N) is 1. The van der Waals surface area contributed by atoms with Crippen molar-refractivity contribution in [1.29, 1.82) is 0 Å². The number of hydrogen-bond donors (Lipinski definition) is 2. The number of likely N-dealkylation sites (tertiary alicyclic amines) is 1. The lowest BCUT2D eigenvalue weighted by molar-refractivity contribution is -0.149. The molecule has 0 aliphatic carbocycles. The number of pyridine rings is 1. The standard InChI is InChI=1S/C38H41FN6O7/c1-23(40)38(48)51-27-14-17-44(22-27)16-8-18-50-34-21-30-28(20-33(34)49-4)31(13-15-41-30)52-32-12-11-25(19-29(32)39)42-36(46)35-24(2)43(3)45(37(35)47)26-9-6-5-7-10-26/h5-7,9-13,15,19-21,23,27H,8,14,16-18,22,40H2,1-4H3,(H,42,46). The number of fused-ring (bicyclic) bond motifs is 1. The van der Waals surface area contributed by atoms with Crippen LogP contribution in [0.5, 0.6) is 23.0 Å². The van der Waals surface area contributed by atoms with Gasteiger partial charge in [0.05, 0.1) is 30.6 Å². The highest BCUT2D eigenvalue weighted by atomic mass is 19.1. The molecule has 13 nitrogen and oxygen atoms in total. The normalized spacial score (nSPS) is 15.0. The monoisotopic (exact) mass is 712 g/mol. The van der Waals surface area contributed by atoms with Crippen molar-refractivity contribution in [2.24, 2.45) is 12.8 Å². The molecule has 3 heterocycles. The fourth-order valence-electron chi connectivity index (χ4n) is 6.13. The number of rotatable bonds is 13. The molecule has 0 saturated carbocycles. The van der Waals surface area contributed by atoms with Crippen molar-refractivity contribution in [3.8, 4) is 28.7 Å². The van der Waals surface area contributed by atoms with Gasteiger partial charge in [-0.1, -0.05) is 18.2 Å². The van der Waals surface area contributed by atoms with Gasteiger partial charge in [-0.3, -0.25) is 28.9 Å². The Morgan fingerprint density at radius 1 is 1.06 bits per heavy atom. The van der Waals surface area contributed by atoms with E-state index in [1.807, 2.05) is 6.07 Å². The molecule has 1 aliphatic rings. The molecular weight excluding hydrogens is 671 g/mol. The van der Waals surface area contributed by atoms with Crippen molar-refractivity contribution >= 4 is 28.5 Å². The van der Waals surface area contributed by atoms with Gasteiger partial charge in [0.2, 0.25) is 0 Å². The highest BCUT2D eigenvalue weighted by Gasteiger charge is 2.26. The van der Waals surface area contributed by atoms with Gasteiger partial charge in [0.1, 0.15) is 23.5 Å². The van der Waals surface area contributed by atoms with Crippen molar-refractivity contribution in [2.75, 3.05) is 38.7 Å². The molecular formula is C38H41FN6O7. The average molecular weight is 713 g/mol. The van der Waals surface area contributed by atoms with Crippen LogP contribution in [-0.2, 0) is 16.6 Å². The van der Waals surface area contributed by atoms with Crippen LogP contribution in [0.3, 0.4) is 0 Å². The Labute approximate surface area is 299 Å². The fraction of sp³-hybridized carbons (Fsp3) is 0.316. The van der Waals surface area contributed by atoms with E-state index < -0.39 is 23.3 Å². The molecule has 3 N–H and O–H groups in total. The van der Waals surface area contributed by atoms with E-state index in [1.165, 1.54) is 23.9 Å². The SMILES string of the molecule is COc1cc2c(Oc3ccc(NC(=O)c4c(C)n(C)n(-c5ccccc5)c4=O)cc3F)ccnc2cc1OCCCN1CCC(OC(=O)C(C)N)C1. The first-order valence-electron chi connectivity index (χ1n) is 16.9. The molecule has 5 aromatic rings. The van der Waals surface area contributed by atoms with Crippen LogP contribution in [0.15, 0.2) is 77.7 Å². The van der Waals surface area contributed by atoms with Gasteiger partial charge in [0.25, 0.3) is 11.5 Å². The summed E-state index contributed by atoms with van der Waals surface area (Å²) >= 11 is 0. The van der Waals surface area contributed by atoms with Gasteiger partial charge in [-0.2, -0.15) is 0 Å². The molecule has 272 valence electrons. The number of methoxy groups -OCH3 is 1. The van der Waals surface area contributed by atoms with E-state index >= 15 is 4.39 Å². The summed E-state index contributed by atoms with van der Waals surface area (Å²) in [5, 5.41) is 3.21. The number of anilines is 1. The van der Waals surface area contributed by atoms with E-state index in [4.69, 9.17) is 24.7 Å². The molecule has 52 heavy (non-hydrogen) atoms. The van der Waals surface area contributed by atoms with E-state index in [0.29, 0.717) is 52.7 Å². The van der Waals surface area contributed by atoms with E-state index in [1.54, 1.807) is 74.2 Å². The molecule has 0 bridgehead atoms. The molecule has 1 saturated heterocycles. The Balaban J connectivity index is 1.10. The third kappa shape index (κ3) is 7.77. The Hall–Kier alpha value is -5.73. The minimum atomic E-state index is -0.724. The number of halogens is 1. The molecule has 2 aromatic heterocycles. The van der Waals surface area contributed by atoms with E-state index in [9.17, 15) is 14.4 Å². The number of nitrogens with zero attached hydrogens (tertiary/aromatic N) is 4. The van der Waals surface area contributed by atoms with Crippen LogP contribution >= 0.6 is 0 Å². The van der Waals surface area contributed by atoms with Gasteiger partial charge >= 0.3 is 5.97 Å². The molecule has 1 fully saturated rings. The molecule has 0 spiro atoms. The van der Waals surface area contributed by atoms with Crippen molar-refractivity contribution < 1.29 is 32.9 Å². The first-order chi connectivity index (χ1) is 25.0. The maximum atomic E-state index is 15.4. The van der Waals surface area contributed by atoms with E-state index in [0.717, 1.165) is 32.0 Å². The maximum absolute atomic E-state index is 15.4. The summed E-state index contributed by atoms with van der Waals surface area (Å²) < 4.78 is 41.5. The highest BCUT2D eigenvalue weighted by molar-refractivity contribution is 6.05. The zero-order chi connectivity index (χ0) is 36.9. The van der Waals surface area contributed by atoms with Gasteiger partial charge in [-0.05, 0) is 63.1 Å². The number of carbonyl (C=O) groups is 2. The fourth-order valence-corrected chi connectivity index (χ4v) is 6.13. The molecule has 1 aliphatic heterocycles. The molecule has 6 rings (SSSR count). The first-order valence-corrected chi connectivity index (χ1v) is 16.9. The second kappa shape index (κ2) is 15.7. The Morgan fingerprint density at radius 2 is 1.85 bits per heavy atom. The predicted octanol–water partition coefficient (Wildman–Crippen LogP) is 4.96. The van der Waals surface area contributed by atoms with Crippen LogP contribution in [0.4, 0.5) is 10.1 Å². The molecule has 3 aromatic carbocycles. The number of benzene rings is 3. The van der Waals surface area contributed by atoms with Crippen LogP contribution in [0, 0.1) is 12.7 Å². The average Bonchev–Trinajstić information content (AvgIpc) is 3.67. The zero-order valence-electron chi connectivity index (χ0n) is 29.4. The van der Waals surface area contributed by atoms with Gasteiger partial charge in [-0.25, -0.2) is 9.07 Å². The summed E-state index contributed by atoms with van der Waals surface area (Å²) in [7, 11) is 3.22. The van der Waals surface area contributed by atoms with E-state index in [-0.39, 0.29) is 29.1 Å². The number of hydrogen-bond acceptors (Lipinski definition) is 10. The van der Waals surface area contributed by atoms with Crippen LogP contribution in [0.1, 0.15) is 35.8 Å². The molecule has 2 atom stereocenters. The Morgan fingerprint density at radius 3 is 2.58 bits per heavy atom. The first kappa shape index (κ1) is 36.1. The third-order valence-electron chi connectivity index (χ3n) is 8.94. The lowest BCUT2D eigenvalue weighted by Gasteiger charge is -2.18. The predicted molar refractivity (Wildman–Crippen MR) is 193 cm³/mol. The van der Waals surface area contributed by atoms with Crippen molar-refractivity contribution in [3.05, 3.63) is 100 Å². The van der Waals surface area contributed by atoms with Crippen LogP contribution in [0.25, 0.3) is 16.6 Å². The minimum absolute atomic E-state index is 0.0463. The quantitative estimate of drug-likeness (QED) is 0.127. The number of amides is 1. The number of carbonyl (C=O) groups excluding carboxylic acids is 2. The summed E-state index contributed by atoms with van der Waals surface area (Å²) in [4.78, 5) is 45.0. The molecule has 0 radical (unpaired) electrons. The van der Waals surface area contributed by atoms with Gasteiger partial charge in [0.15, 0.2) is 23.1 Å². The summed E-state index contributed by atoms with van der Waals surface area (Å²) in [6, 6.07) is 17.4. The lowest BCUT2D eigenvalue weighted by atomic mass is 10.1. The lowest BCUT2D eigenvalue weighted by Crippen LogP contribution is -2.33. The third-order valence-corrected chi connectivity index (χ3v) is 8.94. The minimum Gasteiger partial charge on any atom is -0.493 e. The van der Waals surface area contributed by atoms with Gasteiger partial charge < -0.3 is 30.0 Å². The van der Waals surface area contributed by atoms with Gasteiger partial charge in [0, 0.05) is 56.1 Å². The van der Waals surface area contributed by atoms with Crippen LogP contribution < -0.4 is 30.8 Å². The van der Waals surface area contributed by atoms with Crippen molar-refractivity contribution in [2.45, 2.75) is 38.8 Å². The highest BCUT2D eigenvalue weighted by Crippen LogP contribution is 2.38. The van der Waals surface area contributed by atoms with Crippen molar-refractivity contribution in [3.63, 3.8) is 0 Å². The van der Waals surface area contributed by atoms with Crippen molar-refractivity contribution in [1.82, 2.24) is 19.2 Å². The molecule has 14 heteroatoms. The molecule has 2 unspecified atom stereocenters. The Bertz CT molecular complexity index is 2150. The Kier molecular flexibility index (Phi) is 10.9. The summed E-state index contributed by atoms with van der Waals surface area (Å²) in [5.74, 6) is -0.560. The van der Waals surface area contributed by atoms with Gasteiger partial charge in [-0.15, -0.1) is 0 Å². The topological polar surface area (TPSA) is 152 Å². The number of aromatic nitrogens is 3. The second-order valence-electron chi connectivity index (χ2n) is 12.6. The van der Waals surface area contributed by atoms with Crippen LogP contribution in [-0.4, -0.2) is 76.6 Å². The second-order valence-corrected chi connectivity index (χ2v) is 12.6. The number of para-hydroxylation sites is 1. The summed E-state index contributed by atoms with van der Waals surface area (Å²) in [6.45, 7) is 5.96. The van der Waals surface area contributed by atoms with E-state index in [2.05, 4.69) is 15.2 Å². The largest absolute Gasteiger partial charge is 0.493 e. The maximum Gasteiger partial charge on any atom is 0.322 e. The smallest absolute Gasteiger partial charge is 0.322 e. The number of nitrogens with one attached hydrogen (secondary N) is 1. The zero-order valence-corrected chi connectivity index (χ0v) is 29.4. The number of esters is 1.